The van der Waals surface area contributed by atoms with Crippen LogP contribution in [0.3, 0.4) is 0 Å². The Labute approximate surface area is 197 Å². The quantitative estimate of drug-likeness (QED) is 0.407. The lowest BCUT2D eigenvalue weighted by molar-refractivity contribution is 0.0691. The number of aryl methyl sites for hydroxylation is 3. The van der Waals surface area contributed by atoms with Crippen LogP contribution in [0.4, 0.5) is 4.39 Å². The smallest absolute Gasteiger partial charge is 0.352 e. The first kappa shape index (κ1) is 23.4. The largest absolute Gasteiger partial charge is 0.477 e. The van der Waals surface area contributed by atoms with Crippen LogP contribution in [0.25, 0.3) is 22.0 Å². The monoisotopic (exact) mass is 482 g/mol. The predicted octanol–water partition coefficient (Wildman–Crippen LogP) is 4.91. The number of pyridine rings is 1. The van der Waals surface area contributed by atoms with Crippen molar-refractivity contribution in [1.29, 1.82) is 0 Å². The van der Waals surface area contributed by atoms with Crippen LogP contribution < -0.4 is 10.3 Å². The third-order valence-corrected chi connectivity index (χ3v) is 6.90. The summed E-state index contributed by atoms with van der Waals surface area (Å²) in [5.74, 6) is -0.282. The van der Waals surface area contributed by atoms with Gasteiger partial charge in [0.2, 0.25) is 0 Å². The van der Waals surface area contributed by atoms with Gasteiger partial charge in [-0.2, -0.15) is 0 Å². The van der Waals surface area contributed by atoms with Gasteiger partial charge in [-0.25, -0.2) is 9.18 Å². The molecule has 2 aromatic heterocycles. The summed E-state index contributed by atoms with van der Waals surface area (Å²) in [6.45, 7) is 5.28. The SMILES string of the molecule is CCS(=O)c1ccc(Oc2c(C)cc(F)cc2C)c(-c2cn(C)c(=O)c3[nH]c(C(=O)O)cc23)c1. The number of H-pyrrole nitrogens is 1. The summed E-state index contributed by atoms with van der Waals surface area (Å²) in [6.07, 6.45) is 1.59. The molecule has 0 amide bonds. The minimum Gasteiger partial charge on any atom is -0.477 e. The molecule has 34 heavy (non-hydrogen) atoms. The summed E-state index contributed by atoms with van der Waals surface area (Å²) in [5, 5.41) is 9.85. The van der Waals surface area contributed by atoms with E-state index in [0.29, 0.717) is 49.8 Å². The molecule has 4 aromatic rings. The van der Waals surface area contributed by atoms with E-state index in [-0.39, 0.29) is 22.6 Å². The Kier molecular flexibility index (Phi) is 6.14. The number of ether oxygens (including phenoxy) is 1. The minimum absolute atomic E-state index is 0.125. The molecule has 1 atom stereocenters. The second-order valence-electron chi connectivity index (χ2n) is 8.00. The van der Waals surface area contributed by atoms with Gasteiger partial charge >= 0.3 is 5.97 Å². The lowest BCUT2D eigenvalue weighted by Gasteiger charge is -2.17. The molecule has 0 saturated carbocycles. The van der Waals surface area contributed by atoms with Crippen LogP contribution in [0.2, 0.25) is 0 Å². The second-order valence-corrected chi connectivity index (χ2v) is 9.74. The molecule has 0 fully saturated rings. The molecule has 0 aliphatic heterocycles. The highest BCUT2D eigenvalue weighted by Gasteiger charge is 2.20. The highest BCUT2D eigenvalue weighted by atomic mass is 32.2. The number of hydrogen-bond donors (Lipinski definition) is 2. The molecule has 4 rings (SSSR count). The summed E-state index contributed by atoms with van der Waals surface area (Å²) < 4.78 is 34.0. The number of hydrogen-bond acceptors (Lipinski definition) is 4. The number of carboxylic acid groups (broad SMARTS) is 1. The van der Waals surface area contributed by atoms with E-state index >= 15 is 0 Å². The average molecular weight is 483 g/mol. The third kappa shape index (κ3) is 4.14. The molecule has 1 unspecified atom stereocenters. The van der Waals surface area contributed by atoms with Gasteiger partial charge in [0.15, 0.2) is 0 Å². The normalized spacial score (nSPS) is 12.1. The van der Waals surface area contributed by atoms with Crippen LogP contribution in [0, 0.1) is 19.7 Å². The molecule has 2 heterocycles. The van der Waals surface area contributed by atoms with E-state index in [9.17, 15) is 23.3 Å². The number of aromatic carboxylic acids is 1. The van der Waals surface area contributed by atoms with Gasteiger partial charge in [-0.3, -0.25) is 9.00 Å². The van der Waals surface area contributed by atoms with Crippen LogP contribution >= 0.6 is 0 Å². The molecule has 0 aliphatic rings. The maximum absolute atomic E-state index is 13.8. The molecule has 0 aliphatic carbocycles. The van der Waals surface area contributed by atoms with Crippen LogP contribution in [-0.4, -0.2) is 30.6 Å². The van der Waals surface area contributed by atoms with Gasteiger partial charge in [0.25, 0.3) is 5.56 Å². The summed E-state index contributed by atoms with van der Waals surface area (Å²) >= 11 is 0. The van der Waals surface area contributed by atoms with Crippen LogP contribution in [0.5, 0.6) is 11.5 Å². The number of aromatic amines is 1. The van der Waals surface area contributed by atoms with Crippen molar-refractivity contribution < 1.29 is 23.2 Å². The molecule has 2 aromatic carbocycles. The summed E-state index contributed by atoms with van der Waals surface area (Å²) in [5.41, 5.74) is 1.89. The van der Waals surface area contributed by atoms with Crippen molar-refractivity contribution in [3.63, 3.8) is 0 Å². The van der Waals surface area contributed by atoms with E-state index < -0.39 is 16.8 Å². The number of aromatic nitrogens is 2. The van der Waals surface area contributed by atoms with Crippen molar-refractivity contribution >= 4 is 27.7 Å². The number of benzene rings is 2. The highest BCUT2D eigenvalue weighted by molar-refractivity contribution is 7.85. The number of halogens is 1. The number of nitrogens with zero attached hydrogens (tertiary/aromatic N) is 1. The topological polar surface area (TPSA) is 101 Å². The summed E-state index contributed by atoms with van der Waals surface area (Å²) in [7, 11) is 0.303. The third-order valence-electron chi connectivity index (χ3n) is 5.60. The van der Waals surface area contributed by atoms with Gasteiger partial charge in [0, 0.05) is 40.4 Å². The number of rotatable bonds is 6. The molecule has 0 bridgehead atoms. The number of carboxylic acids is 1. The molecule has 0 radical (unpaired) electrons. The van der Waals surface area contributed by atoms with E-state index in [1.807, 2.05) is 0 Å². The fraction of sp³-hybridized carbons (Fsp3) is 0.200. The van der Waals surface area contributed by atoms with E-state index in [1.165, 1.54) is 22.8 Å². The average Bonchev–Trinajstić information content (AvgIpc) is 3.24. The molecule has 9 heteroatoms. The lowest BCUT2D eigenvalue weighted by atomic mass is 10.0. The fourth-order valence-electron chi connectivity index (χ4n) is 3.95. The van der Waals surface area contributed by atoms with Gasteiger partial charge in [0.05, 0.1) is 10.8 Å². The zero-order valence-corrected chi connectivity index (χ0v) is 19.9. The first-order chi connectivity index (χ1) is 16.1. The van der Waals surface area contributed by atoms with Gasteiger partial charge in [-0.15, -0.1) is 0 Å². The van der Waals surface area contributed by atoms with Crippen LogP contribution in [0.1, 0.15) is 28.5 Å². The Balaban J connectivity index is 2.01. The van der Waals surface area contributed by atoms with Gasteiger partial charge in [-0.1, -0.05) is 6.92 Å². The Hall–Kier alpha value is -3.72. The maximum Gasteiger partial charge on any atom is 0.352 e. The number of carbonyl (C=O) groups is 1. The molecule has 176 valence electrons. The minimum atomic E-state index is -1.26. The molecular formula is C25H23FN2O5S. The van der Waals surface area contributed by atoms with E-state index in [4.69, 9.17) is 4.74 Å². The van der Waals surface area contributed by atoms with Gasteiger partial charge < -0.3 is 19.4 Å². The Morgan fingerprint density at radius 1 is 1.15 bits per heavy atom. The second kappa shape index (κ2) is 8.90. The summed E-state index contributed by atoms with van der Waals surface area (Å²) in [6, 6.07) is 9.25. The van der Waals surface area contributed by atoms with Crippen LogP contribution in [0.15, 0.2) is 52.3 Å². The molecular weight excluding hydrogens is 459 g/mol. The van der Waals surface area contributed by atoms with Crippen molar-refractivity contribution in [1.82, 2.24) is 9.55 Å². The van der Waals surface area contributed by atoms with Crippen molar-refractivity contribution in [2.45, 2.75) is 25.7 Å². The van der Waals surface area contributed by atoms with Crippen LogP contribution in [-0.2, 0) is 17.8 Å². The Bertz CT molecular complexity index is 1510. The molecule has 7 nitrogen and oxygen atoms in total. The Morgan fingerprint density at radius 2 is 1.82 bits per heavy atom. The first-order valence-corrected chi connectivity index (χ1v) is 11.9. The zero-order chi connectivity index (χ0) is 24.7. The molecule has 0 spiro atoms. The van der Waals surface area contributed by atoms with Crippen molar-refractivity contribution in [3.8, 4) is 22.6 Å². The standard InChI is InChI=1S/C25H23FN2O5S/c1-5-34(32)16-6-7-21(33-23-13(2)8-15(26)9-14(23)3)17(10-16)19-12-28(4)24(29)22-18(19)11-20(27-22)25(30)31/h6-12,27H,5H2,1-4H3,(H,30,31). The van der Waals surface area contributed by atoms with Gasteiger partial charge in [-0.05, 0) is 61.4 Å². The van der Waals surface area contributed by atoms with E-state index in [1.54, 1.807) is 52.2 Å². The molecule has 0 saturated heterocycles. The van der Waals surface area contributed by atoms with Crippen molar-refractivity contribution in [2.75, 3.05) is 5.75 Å². The maximum atomic E-state index is 13.8. The van der Waals surface area contributed by atoms with Crippen molar-refractivity contribution in [2.24, 2.45) is 7.05 Å². The van der Waals surface area contributed by atoms with Crippen molar-refractivity contribution in [3.05, 3.63) is 75.6 Å². The lowest BCUT2D eigenvalue weighted by Crippen LogP contribution is -2.16. The van der Waals surface area contributed by atoms with Gasteiger partial charge in [0.1, 0.15) is 28.5 Å². The Morgan fingerprint density at radius 3 is 2.44 bits per heavy atom. The summed E-state index contributed by atoms with van der Waals surface area (Å²) in [4.78, 5) is 27.5. The number of nitrogens with one attached hydrogen (secondary N) is 1. The highest BCUT2D eigenvalue weighted by Crippen LogP contribution is 2.40. The molecule has 2 N–H and O–H groups in total. The fourth-order valence-corrected chi connectivity index (χ4v) is 4.75. The zero-order valence-electron chi connectivity index (χ0n) is 19.1. The van der Waals surface area contributed by atoms with E-state index in [0.717, 1.165) is 0 Å². The van der Waals surface area contributed by atoms with E-state index in [2.05, 4.69) is 4.98 Å². The number of fused-ring (bicyclic) bond motifs is 1. The first-order valence-electron chi connectivity index (χ1n) is 10.5. The predicted molar refractivity (Wildman–Crippen MR) is 129 cm³/mol.